The van der Waals surface area contributed by atoms with Gasteiger partial charge in [-0.2, -0.15) is 4.98 Å². The topological polar surface area (TPSA) is 88.5 Å². The molecule has 0 saturated carbocycles. The lowest BCUT2D eigenvalue weighted by atomic mass is 10.1. The number of amides is 1. The molecule has 9 heteroatoms. The molecular weight excluding hydrogens is 402 g/mol. The van der Waals surface area contributed by atoms with Crippen LogP contribution in [0.25, 0.3) is 0 Å². The third-order valence-electron chi connectivity index (χ3n) is 5.27. The van der Waals surface area contributed by atoms with Crippen LogP contribution in [0.3, 0.4) is 0 Å². The molecule has 2 aromatic heterocycles. The molecule has 1 saturated heterocycles. The van der Waals surface area contributed by atoms with Crippen LogP contribution in [0.5, 0.6) is 0 Å². The SMILES string of the molecule is Cc1nc(CSc2ccccc2C(=O)N2CCN(Cc3c(C)noc3C)CC2)no1. The van der Waals surface area contributed by atoms with E-state index in [1.807, 2.05) is 43.0 Å². The summed E-state index contributed by atoms with van der Waals surface area (Å²) in [5, 5.41) is 7.96. The molecule has 0 N–H and O–H groups in total. The molecule has 0 atom stereocenters. The Morgan fingerprint density at radius 2 is 1.83 bits per heavy atom. The number of thioether (sulfide) groups is 1. The number of carbonyl (C=O) groups excluding carboxylic acids is 1. The van der Waals surface area contributed by atoms with Crippen molar-refractivity contribution in [2.75, 3.05) is 26.2 Å². The van der Waals surface area contributed by atoms with Crippen molar-refractivity contribution in [2.45, 2.75) is 38.0 Å². The predicted molar refractivity (Wildman–Crippen MR) is 112 cm³/mol. The molecule has 3 heterocycles. The molecule has 8 nitrogen and oxygen atoms in total. The van der Waals surface area contributed by atoms with Crippen LogP contribution >= 0.6 is 11.8 Å². The number of piperazine rings is 1. The third kappa shape index (κ3) is 4.57. The van der Waals surface area contributed by atoms with Gasteiger partial charge < -0.3 is 13.9 Å². The maximum Gasteiger partial charge on any atom is 0.255 e. The van der Waals surface area contributed by atoms with Crippen LogP contribution in [0.15, 0.2) is 38.2 Å². The van der Waals surface area contributed by atoms with Crippen molar-refractivity contribution >= 4 is 17.7 Å². The number of hydrogen-bond acceptors (Lipinski definition) is 8. The van der Waals surface area contributed by atoms with Gasteiger partial charge in [0.2, 0.25) is 5.89 Å². The van der Waals surface area contributed by atoms with Crippen molar-refractivity contribution in [2.24, 2.45) is 0 Å². The van der Waals surface area contributed by atoms with Gasteiger partial charge in [-0.25, -0.2) is 0 Å². The molecule has 1 aliphatic heterocycles. The second-order valence-electron chi connectivity index (χ2n) is 7.39. The zero-order chi connectivity index (χ0) is 21.1. The second-order valence-corrected chi connectivity index (χ2v) is 8.40. The van der Waals surface area contributed by atoms with Crippen molar-refractivity contribution in [1.82, 2.24) is 25.1 Å². The first-order valence-electron chi connectivity index (χ1n) is 9.95. The van der Waals surface area contributed by atoms with Gasteiger partial charge in [0.1, 0.15) is 5.76 Å². The summed E-state index contributed by atoms with van der Waals surface area (Å²) in [5.41, 5.74) is 2.81. The van der Waals surface area contributed by atoms with E-state index < -0.39 is 0 Å². The molecule has 158 valence electrons. The van der Waals surface area contributed by atoms with Crippen molar-refractivity contribution < 1.29 is 13.8 Å². The van der Waals surface area contributed by atoms with E-state index >= 15 is 0 Å². The highest BCUT2D eigenvalue weighted by atomic mass is 32.2. The maximum absolute atomic E-state index is 13.2. The smallest absolute Gasteiger partial charge is 0.255 e. The Labute approximate surface area is 179 Å². The molecule has 1 aromatic carbocycles. The fraction of sp³-hybridized carbons (Fsp3) is 0.429. The normalized spacial score (nSPS) is 15.0. The van der Waals surface area contributed by atoms with Crippen LogP contribution in [-0.4, -0.2) is 57.2 Å². The molecule has 4 rings (SSSR count). The summed E-state index contributed by atoms with van der Waals surface area (Å²) in [6, 6.07) is 7.71. The van der Waals surface area contributed by atoms with Crippen molar-refractivity contribution in [1.29, 1.82) is 0 Å². The Morgan fingerprint density at radius 3 is 2.50 bits per heavy atom. The average Bonchev–Trinajstić information content (AvgIpc) is 3.32. The number of hydrogen-bond donors (Lipinski definition) is 0. The minimum atomic E-state index is 0.0689. The number of benzene rings is 1. The van der Waals surface area contributed by atoms with E-state index in [1.54, 1.807) is 18.7 Å². The Bertz CT molecular complexity index is 1000. The van der Waals surface area contributed by atoms with Crippen LogP contribution in [0.4, 0.5) is 0 Å². The molecule has 1 amide bonds. The number of nitrogens with zero attached hydrogens (tertiary/aromatic N) is 5. The predicted octanol–water partition coefficient (Wildman–Crippen LogP) is 3.23. The largest absolute Gasteiger partial charge is 0.361 e. The molecule has 0 spiro atoms. The van der Waals surface area contributed by atoms with Crippen molar-refractivity contribution in [3.05, 3.63) is 58.6 Å². The first kappa shape index (κ1) is 20.6. The van der Waals surface area contributed by atoms with Gasteiger partial charge in [-0.15, -0.1) is 11.8 Å². The van der Waals surface area contributed by atoms with Gasteiger partial charge in [0.05, 0.1) is 17.0 Å². The van der Waals surface area contributed by atoms with Crippen molar-refractivity contribution in [3.63, 3.8) is 0 Å². The third-order valence-corrected chi connectivity index (χ3v) is 6.34. The molecule has 0 radical (unpaired) electrons. The van der Waals surface area contributed by atoms with Crippen LogP contribution in [0.1, 0.15) is 39.1 Å². The van der Waals surface area contributed by atoms with Crippen LogP contribution < -0.4 is 0 Å². The minimum Gasteiger partial charge on any atom is -0.361 e. The van der Waals surface area contributed by atoms with E-state index in [0.717, 1.165) is 47.1 Å². The van der Waals surface area contributed by atoms with E-state index in [1.165, 1.54) is 0 Å². The number of aromatic nitrogens is 3. The Balaban J connectivity index is 1.37. The van der Waals surface area contributed by atoms with Gasteiger partial charge in [0.15, 0.2) is 5.82 Å². The van der Waals surface area contributed by atoms with E-state index in [0.29, 0.717) is 30.6 Å². The highest BCUT2D eigenvalue weighted by Crippen LogP contribution is 2.27. The second kappa shape index (κ2) is 9.01. The van der Waals surface area contributed by atoms with E-state index in [4.69, 9.17) is 9.05 Å². The fourth-order valence-electron chi connectivity index (χ4n) is 3.54. The van der Waals surface area contributed by atoms with Crippen LogP contribution in [0, 0.1) is 20.8 Å². The number of aryl methyl sites for hydroxylation is 3. The van der Waals surface area contributed by atoms with Crippen LogP contribution in [-0.2, 0) is 12.3 Å². The van der Waals surface area contributed by atoms with Gasteiger partial charge >= 0.3 is 0 Å². The highest BCUT2D eigenvalue weighted by molar-refractivity contribution is 7.98. The summed E-state index contributed by atoms with van der Waals surface area (Å²) in [5.74, 6) is 2.68. The first-order chi connectivity index (χ1) is 14.5. The number of rotatable bonds is 6. The zero-order valence-corrected chi connectivity index (χ0v) is 18.2. The van der Waals surface area contributed by atoms with Gasteiger partial charge in [-0.3, -0.25) is 9.69 Å². The standard InChI is InChI=1S/C21H25N5O3S/c1-14-18(15(2)28-23-14)12-25-8-10-26(11-9-25)21(27)17-6-4-5-7-19(17)30-13-20-22-16(3)29-24-20/h4-7H,8-13H2,1-3H3. The first-order valence-corrected chi connectivity index (χ1v) is 10.9. The lowest BCUT2D eigenvalue weighted by Gasteiger charge is -2.35. The van der Waals surface area contributed by atoms with Gasteiger partial charge in [0.25, 0.3) is 5.91 Å². The van der Waals surface area contributed by atoms with E-state index in [9.17, 15) is 4.79 Å². The highest BCUT2D eigenvalue weighted by Gasteiger charge is 2.25. The molecule has 3 aromatic rings. The average molecular weight is 428 g/mol. The molecule has 0 aliphatic carbocycles. The van der Waals surface area contributed by atoms with Gasteiger partial charge in [-0.05, 0) is 26.0 Å². The van der Waals surface area contributed by atoms with Gasteiger partial charge in [0, 0.05) is 50.1 Å². The summed E-state index contributed by atoms with van der Waals surface area (Å²) in [7, 11) is 0. The van der Waals surface area contributed by atoms with Crippen LogP contribution in [0.2, 0.25) is 0 Å². The van der Waals surface area contributed by atoms with Crippen molar-refractivity contribution in [3.8, 4) is 0 Å². The Hall–Kier alpha value is -2.65. The fourth-order valence-corrected chi connectivity index (χ4v) is 4.43. The lowest BCUT2D eigenvalue weighted by molar-refractivity contribution is 0.0624. The molecule has 0 bridgehead atoms. The van der Waals surface area contributed by atoms with E-state index in [-0.39, 0.29) is 5.91 Å². The zero-order valence-electron chi connectivity index (χ0n) is 17.4. The molecule has 0 unspecified atom stereocenters. The quantitative estimate of drug-likeness (QED) is 0.554. The molecule has 1 fully saturated rings. The molecule has 30 heavy (non-hydrogen) atoms. The summed E-state index contributed by atoms with van der Waals surface area (Å²) in [6.45, 7) is 9.54. The maximum atomic E-state index is 13.2. The summed E-state index contributed by atoms with van der Waals surface area (Å²) < 4.78 is 10.3. The Morgan fingerprint density at radius 1 is 1.07 bits per heavy atom. The summed E-state index contributed by atoms with van der Waals surface area (Å²) in [4.78, 5) is 22.6. The molecule has 1 aliphatic rings. The minimum absolute atomic E-state index is 0.0689. The lowest BCUT2D eigenvalue weighted by Crippen LogP contribution is -2.48. The summed E-state index contributed by atoms with van der Waals surface area (Å²) >= 11 is 1.55. The molecular formula is C21H25N5O3S. The van der Waals surface area contributed by atoms with E-state index in [2.05, 4.69) is 20.2 Å². The monoisotopic (exact) mass is 427 g/mol. The number of carbonyl (C=O) groups is 1. The summed E-state index contributed by atoms with van der Waals surface area (Å²) in [6.07, 6.45) is 0. The van der Waals surface area contributed by atoms with Gasteiger partial charge in [-0.1, -0.05) is 22.4 Å². The Kier molecular flexibility index (Phi) is 6.19.